The van der Waals surface area contributed by atoms with Gasteiger partial charge in [0, 0.05) is 16.6 Å². The highest BCUT2D eigenvalue weighted by molar-refractivity contribution is 7.99. The van der Waals surface area contributed by atoms with Gasteiger partial charge in [-0.1, -0.05) is 6.07 Å². The first kappa shape index (κ1) is 11.4. The number of rotatable bonds is 3. The number of aryl methyl sites for hydroxylation is 1. The molecule has 1 fully saturated rings. The van der Waals surface area contributed by atoms with Crippen LogP contribution in [0, 0.1) is 6.92 Å². The minimum absolute atomic E-state index is 0.125. The second kappa shape index (κ2) is 4.20. The molecule has 3 N–H and O–H groups in total. The Labute approximate surface area is 108 Å². The summed E-state index contributed by atoms with van der Waals surface area (Å²) in [6.45, 7) is 1.97. The van der Waals surface area contributed by atoms with E-state index in [0.717, 1.165) is 29.0 Å². The van der Waals surface area contributed by atoms with Gasteiger partial charge in [0.25, 0.3) is 0 Å². The van der Waals surface area contributed by atoms with Gasteiger partial charge in [0.05, 0.1) is 0 Å². The number of nitrogens with one attached hydrogen (secondary N) is 1. The number of aromatic nitrogens is 3. The van der Waals surface area contributed by atoms with Crippen LogP contribution in [0.15, 0.2) is 33.0 Å². The summed E-state index contributed by atoms with van der Waals surface area (Å²) < 4.78 is 1.74. The highest BCUT2D eigenvalue weighted by atomic mass is 32.2. The second-order valence-electron chi connectivity index (χ2n) is 4.53. The van der Waals surface area contributed by atoms with Gasteiger partial charge in [-0.3, -0.25) is 4.57 Å². The van der Waals surface area contributed by atoms with Crippen molar-refractivity contribution in [2.45, 2.75) is 35.9 Å². The maximum absolute atomic E-state index is 11.6. The maximum Gasteiger partial charge on any atom is 0.344 e. The number of nitrogens with two attached hydrogens (primary N) is 1. The number of hydrogen-bond acceptors (Lipinski definition) is 4. The molecule has 2 aromatic rings. The van der Waals surface area contributed by atoms with E-state index in [9.17, 15) is 4.79 Å². The van der Waals surface area contributed by atoms with Crippen LogP contribution in [0.1, 0.15) is 24.4 Å². The van der Waals surface area contributed by atoms with Gasteiger partial charge in [0.15, 0.2) is 5.16 Å². The number of nitrogens with zero attached hydrogens (tertiary/aromatic N) is 2. The van der Waals surface area contributed by atoms with E-state index in [2.05, 4.69) is 10.2 Å². The monoisotopic (exact) mass is 262 g/mol. The maximum atomic E-state index is 11.6. The minimum atomic E-state index is -0.125. The van der Waals surface area contributed by atoms with Crippen molar-refractivity contribution in [1.82, 2.24) is 14.8 Å². The van der Waals surface area contributed by atoms with Gasteiger partial charge in [0.1, 0.15) is 0 Å². The predicted molar refractivity (Wildman–Crippen MR) is 70.8 cm³/mol. The topological polar surface area (TPSA) is 76.7 Å². The summed E-state index contributed by atoms with van der Waals surface area (Å²) in [5.74, 6) is 0. The second-order valence-corrected chi connectivity index (χ2v) is 5.57. The molecule has 0 atom stereocenters. The third-order valence-electron chi connectivity index (χ3n) is 3.04. The number of benzene rings is 1. The normalized spacial score (nSPS) is 14.9. The molecule has 94 valence electrons. The van der Waals surface area contributed by atoms with Crippen LogP contribution in [0.3, 0.4) is 0 Å². The molecule has 6 heteroatoms. The number of hydrogen-bond donors (Lipinski definition) is 2. The summed E-state index contributed by atoms with van der Waals surface area (Å²) >= 11 is 1.47. The van der Waals surface area contributed by atoms with Gasteiger partial charge < -0.3 is 5.73 Å². The fourth-order valence-corrected chi connectivity index (χ4v) is 2.76. The molecule has 0 aliphatic heterocycles. The number of H-pyrrole nitrogens is 1. The lowest BCUT2D eigenvalue weighted by Crippen LogP contribution is -2.15. The van der Waals surface area contributed by atoms with Crippen LogP contribution in [-0.4, -0.2) is 14.8 Å². The first-order valence-corrected chi connectivity index (χ1v) is 6.67. The van der Waals surface area contributed by atoms with E-state index >= 15 is 0 Å². The third-order valence-corrected chi connectivity index (χ3v) is 4.00. The van der Waals surface area contributed by atoms with E-state index < -0.39 is 0 Å². The molecule has 1 aliphatic rings. The molecule has 1 saturated carbocycles. The SMILES string of the molecule is Cc1ccc(Sc2n[nH]c(=O)n2C2CC2)cc1N. The van der Waals surface area contributed by atoms with E-state index in [-0.39, 0.29) is 5.69 Å². The lowest BCUT2D eigenvalue weighted by molar-refractivity contribution is 0.642. The molecule has 0 radical (unpaired) electrons. The summed E-state index contributed by atoms with van der Waals surface area (Å²) in [5, 5.41) is 7.30. The Morgan fingerprint density at radius 1 is 1.50 bits per heavy atom. The molecule has 1 aliphatic carbocycles. The zero-order chi connectivity index (χ0) is 12.7. The minimum Gasteiger partial charge on any atom is -0.398 e. The highest BCUT2D eigenvalue weighted by Crippen LogP contribution is 2.37. The van der Waals surface area contributed by atoms with E-state index in [4.69, 9.17) is 5.73 Å². The van der Waals surface area contributed by atoms with Gasteiger partial charge in [0.2, 0.25) is 0 Å². The molecule has 1 aromatic heterocycles. The Morgan fingerprint density at radius 2 is 2.28 bits per heavy atom. The van der Waals surface area contributed by atoms with Crippen molar-refractivity contribution in [3.05, 3.63) is 34.2 Å². The highest BCUT2D eigenvalue weighted by Gasteiger charge is 2.28. The Morgan fingerprint density at radius 3 is 2.94 bits per heavy atom. The van der Waals surface area contributed by atoms with Gasteiger partial charge in [-0.05, 0) is 49.2 Å². The van der Waals surface area contributed by atoms with Crippen molar-refractivity contribution in [2.75, 3.05) is 5.73 Å². The van der Waals surface area contributed by atoms with Crippen molar-refractivity contribution in [3.8, 4) is 0 Å². The molecule has 18 heavy (non-hydrogen) atoms. The zero-order valence-corrected chi connectivity index (χ0v) is 10.8. The summed E-state index contributed by atoms with van der Waals surface area (Å²) in [4.78, 5) is 12.6. The van der Waals surface area contributed by atoms with E-state index in [1.165, 1.54) is 11.8 Å². The van der Waals surface area contributed by atoms with E-state index in [1.807, 2.05) is 25.1 Å². The molecule has 0 unspecified atom stereocenters. The van der Waals surface area contributed by atoms with Crippen LogP contribution < -0.4 is 11.4 Å². The molecule has 1 aromatic carbocycles. The fraction of sp³-hybridized carbons (Fsp3) is 0.333. The average Bonchev–Trinajstić information content (AvgIpc) is 3.10. The lowest BCUT2D eigenvalue weighted by atomic mass is 10.2. The van der Waals surface area contributed by atoms with Gasteiger partial charge in [-0.2, -0.15) is 0 Å². The van der Waals surface area contributed by atoms with Crippen LogP contribution >= 0.6 is 11.8 Å². The molecule has 0 bridgehead atoms. The molecule has 0 spiro atoms. The van der Waals surface area contributed by atoms with Crippen molar-refractivity contribution in [2.24, 2.45) is 0 Å². The molecule has 0 saturated heterocycles. The Bertz CT molecular complexity index is 642. The van der Waals surface area contributed by atoms with Gasteiger partial charge >= 0.3 is 5.69 Å². The summed E-state index contributed by atoms with van der Waals surface area (Å²) in [6, 6.07) is 6.20. The van der Waals surface area contributed by atoms with Crippen LogP contribution in [0.4, 0.5) is 5.69 Å². The molecule has 0 amide bonds. The Hall–Kier alpha value is -1.69. The van der Waals surface area contributed by atoms with Crippen molar-refractivity contribution in [3.63, 3.8) is 0 Å². The molecular formula is C12H14N4OS. The quantitative estimate of drug-likeness (QED) is 0.829. The standard InChI is InChI=1S/C12H14N4OS/c1-7-2-5-9(6-10(7)13)18-12-15-14-11(17)16(12)8-3-4-8/h2,5-6,8H,3-4,13H2,1H3,(H,14,17). The van der Waals surface area contributed by atoms with Crippen molar-refractivity contribution in [1.29, 1.82) is 0 Å². The summed E-state index contributed by atoms with van der Waals surface area (Å²) in [7, 11) is 0. The van der Waals surface area contributed by atoms with Crippen molar-refractivity contribution >= 4 is 17.4 Å². The Balaban J connectivity index is 1.92. The van der Waals surface area contributed by atoms with Crippen molar-refractivity contribution < 1.29 is 0 Å². The first-order chi connectivity index (χ1) is 8.65. The molecular weight excluding hydrogens is 248 g/mol. The van der Waals surface area contributed by atoms with Gasteiger partial charge in [-0.15, -0.1) is 5.10 Å². The smallest absolute Gasteiger partial charge is 0.344 e. The molecule has 3 rings (SSSR count). The van der Waals surface area contributed by atoms with Crippen LogP contribution in [0.5, 0.6) is 0 Å². The average molecular weight is 262 g/mol. The van der Waals surface area contributed by atoms with Crippen LogP contribution in [0.25, 0.3) is 0 Å². The van der Waals surface area contributed by atoms with Gasteiger partial charge in [-0.25, -0.2) is 9.89 Å². The summed E-state index contributed by atoms with van der Waals surface area (Å²) in [6.07, 6.45) is 2.12. The van der Waals surface area contributed by atoms with Crippen LogP contribution in [0.2, 0.25) is 0 Å². The number of nitrogen functional groups attached to an aromatic ring is 1. The predicted octanol–water partition coefficient (Wildman–Crippen LogP) is 1.95. The number of anilines is 1. The fourth-order valence-electron chi connectivity index (χ4n) is 1.80. The summed E-state index contributed by atoms with van der Waals surface area (Å²) in [5.41, 5.74) is 7.57. The largest absolute Gasteiger partial charge is 0.398 e. The number of aromatic amines is 1. The third kappa shape index (κ3) is 2.03. The molecule has 1 heterocycles. The van der Waals surface area contributed by atoms with E-state index in [1.54, 1.807) is 4.57 Å². The van der Waals surface area contributed by atoms with E-state index in [0.29, 0.717) is 11.2 Å². The first-order valence-electron chi connectivity index (χ1n) is 5.86. The Kier molecular flexibility index (Phi) is 2.66. The molecule has 5 nitrogen and oxygen atoms in total. The lowest BCUT2D eigenvalue weighted by Gasteiger charge is -2.05. The van der Waals surface area contributed by atoms with Crippen LogP contribution in [-0.2, 0) is 0 Å². The zero-order valence-electron chi connectivity index (χ0n) is 10.0.